The number of rotatable bonds is 9. The maximum absolute atomic E-state index is 13.5. The second-order valence-electron chi connectivity index (χ2n) is 12.5. The smallest absolute Gasteiger partial charge is 0.237 e. The first-order valence-electron chi connectivity index (χ1n) is 15.5. The Bertz CT molecular complexity index is 1540. The minimum Gasteiger partial charge on any atom is -0.399 e. The van der Waals surface area contributed by atoms with E-state index in [1.165, 1.54) is 7.05 Å². The fourth-order valence-electron chi connectivity index (χ4n) is 7.41. The Hall–Kier alpha value is -4.40. The van der Waals surface area contributed by atoms with E-state index in [1.807, 2.05) is 30.3 Å². The maximum atomic E-state index is 13.5. The molecule has 0 bridgehead atoms. The van der Waals surface area contributed by atoms with Crippen LogP contribution in [0.5, 0.6) is 0 Å². The predicted molar refractivity (Wildman–Crippen MR) is 175 cm³/mol. The molecule has 1 saturated heterocycles. The van der Waals surface area contributed by atoms with Gasteiger partial charge >= 0.3 is 0 Å². The standard InChI is InChI=1S/C33H40N8O2.CH5N/c1-18(2)29(38-16-30(43)41-25(15-34)13-26-19(3)31(26)41)14-33(32(36)39-40-37)27-9-5-21(17-42)11-23(27)6-7-24-12-22(20(4)35)8-10-28(24)33;1-2/h5,8-12,17-19,25-26,29,31,38H,4,6-7,13-14,16,35H2,1-3H3,(H3,36,37,39);2H2,1H3. The highest BCUT2D eigenvalue weighted by Crippen LogP contribution is 2.53. The maximum Gasteiger partial charge on any atom is 0.237 e. The van der Waals surface area contributed by atoms with E-state index in [0.29, 0.717) is 42.4 Å². The minimum atomic E-state index is -1.09. The molecule has 5 rings (SSSR count). The average molecular weight is 612 g/mol. The molecule has 8 N–H and O–H groups in total. The second-order valence-corrected chi connectivity index (χ2v) is 12.5. The molecule has 1 saturated carbocycles. The van der Waals surface area contributed by atoms with Crippen molar-refractivity contribution < 1.29 is 9.59 Å². The number of fused-ring (bicyclic) bond motifs is 3. The first kappa shape index (κ1) is 33.5. The lowest BCUT2D eigenvalue weighted by Crippen LogP contribution is -2.50. The summed E-state index contributed by atoms with van der Waals surface area (Å²) in [5.74, 6) is 6.33. The highest BCUT2D eigenvalue weighted by atomic mass is 16.2. The third kappa shape index (κ3) is 6.13. The lowest BCUT2D eigenvalue weighted by Gasteiger charge is -2.39. The van der Waals surface area contributed by atoms with Crippen LogP contribution in [0, 0.1) is 34.5 Å². The number of nitrogens with one attached hydrogen (secondary N) is 2. The van der Waals surface area contributed by atoms with Crippen molar-refractivity contribution in [3.8, 4) is 6.07 Å². The molecular weight excluding hydrogens is 566 g/mol. The third-order valence-electron chi connectivity index (χ3n) is 9.83. The van der Waals surface area contributed by atoms with Gasteiger partial charge in [0.25, 0.3) is 0 Å². The van der Waals surface area contributed by atoms with Crippen LogP contribution in [0.3, 0.4) is 0 Å². The number of amidine groups is 1. The molecule has 1 heterocycles. The van der Waals surface area contributed by atoms with Crippen molar-refractivity contribution in [3.05, 3.63) is 76.4 Å². The highest BCUT2D eigenvalue weighted by molar-refractivity contribution is 5.96. The van der Waals surface area contributed by atoms with Crippen LogP contribution in [0.25, 0.3) is 5.70 Å². The van der Waals surface area contributed by atoms with E-state index in [-0.39, 0.29) is 42.3 Å². The molecule has 2 aromatic carbocycles. The van der Waals surface area contributed by atoms with Crippen molar-refractivity contribution in [1.82, 2.24) is 10.2 Å². The molecule has 2 fully saturated rings. The first-order valence-corrected chi connectivity index (χ1v) is 15.5. The summed E-state index contributed by atoms with van der Waals surface area (Å²) in [4.78, 5) is 27.0. The van der Waals surface area contributed by atoms with Crippen molar-refractivity contribution in [3.63, 3.8) is 0 Å². The van der Waals surface area contributed by atoms with E-state index in [1.54, 1.807) is 11.0 Å². The summed E-state index contributed by atoms with van der Waals surface area (Å²) < 4.78 is 0. The van der Waals surface area contributed by atoms with Gasteiger partial charge in [-0.3, -0.25) is 15.0 Å². The molecule has 0 spiro atoms. The Morgan fingerprint density at radius 3 is 2.44 bits per heavy atom. The molecule has 1 amide bonds. The molecule has 0 radical (unpaired) electrons. The average Bonchev–Trinajstić information content (AvgIpc) is 3.52. The number of carbonyl (C=O) groups excluding carboxylic acids is 2. The summed E-state index contributed by atoms with van der Waals surface area (Å²) in [5.41, 5.74) is 14.9. The normalized spacial score (nSPS) is 25.1. The fraction of sp³-hybridized carbons (Fsp3) is 0.471. The topological polar surface area (TPSA) is 200 Å². The van der Waals surface area contributed by atoms with Crippen LogP contribution in [0.15, 0.2) is 53.3 Å². The molecule has 1 aliphatic heterocycles. The van der Waals surface area contributed by atoms with Crippen LogP contribution in [0.4, 0.5) is 0 Å². The molecular formula is C34H45N9O2. The van der Waals surface area contributed by atoms with Gasteiger partial charge in [-0.1, -0.05) is 56.8 Å². The molecule has 6 atom stereocenters. The number of piperidine rings is 1. The molecule has 45 heavy (non-hydrogen) atoms. The van der Waals surface area contributed by atoms with Gasteiger partial charge in [0.2, 0.25) is 5.91 Å². The SMILES string of the molecule is C=C(N)c1ccc2c(c1)CCc1cc(C=O)ccc1C2(CC(NCC(=O)N1C(C#N)CC2C(C)C21)C(C)C)C(=N)N=NN.CN. The number of benzene rings is 2. The molecule has 11 heteroatoms. The number of aldehydes is 1. The van der Waals surface area contributed by atoms with Crippen molar-refractivity contribution in [2.24, 2.45) is 45.4 Å². The van der Waals surface area contributed by atoms with Crippen LogP contribution in [-0.2, 0) is 23.1 Å². The van der Waals surface area contributed by atoms with Gasteiger partial charge in [0.15, 0.2) is 5.84 Å². The van der Waals surface area contributed by atoms with Crippen molar-refractivity contribution >= 4 is 23.7 Å². The molecule has 2 aromatic rings. The molecule has 3 aliphatic rings. The Morgan fingerprint density at radius 1 is 1.22 bits per heavy atom. The van der Waals surface area contributed by atoms with Crippen LogP contribution >= 0.6 is 0 Å². The zero-order valence-corrected chi connectivity index (χ0v) is 26.6. The number of nitriles is 1. The molecule has 2 aliphatic carbocycles. The van der Waals surface area contributed by atoms with E-state index in [0.717, 1.165) is 40.5 Å². The number of hydrogen-bond donors (Lipinski definition) is 5. The van der Waals surface area contributed by atoms with Gasteiger partial charge in [-0.15, -0.1) is 5.11 Å². The van der Waals surface area contributed by atoms with Crippen LogP contribution in [-0.4, -0.2) is 54.6 Å². The minimum absolute atomic E-state index is 0.0323. The molecule has 0 aromatic heterocycles. The summed E-state index contributed by atoms with van der Waals surface area (Å²) in [5, 5.41) is 30.2. The highest BCUT2D eigenvalue weighted by Gasteiger charge is 2.60. The summed E-state index contributed by atoms with van der Waals surface area (Å²) in [6.07, 6.45) is 3.24. The Morgan fingerprint density at radius 2 is 1.87 bits per heavy atom. The van der Waals surface area contributed by atoms with Gasteiger partial charge in [-0.25, -0.2) is 0 Å². The second kappa shape index (κ2) is 13.7. The molecule has 11 nitrogen and oxygen atoms in total. The van der Waals surface area contributed by atoms with Crippen molar-refractivity contribution in [1.29, 1.82) is 10.7 Å². The third-order valence-corrected chi connectivity index (χ3v) is 9.83. The van der Waals surface area contributed by atoms with E-state index in [9.17, 15) is 20.3 Å². The van der Waals surface area contributed by atoms with Crippen molar-refractivity contribution in [2.45, 2.75) is 70.0 Å². The number of nitrogens with two attached hydrogens (primary N) is 3. The lowest BCUT2D eigenvalue weighted by molar-refractivity contribution is -0.131. The summed E-state index contributed by atoms with van der Waals surface area (Å²) >= 11 is 0. The first-order chi connectivity index (χ1) is 21.6. The predicted octanol–water partition coefficient (Wildman–Crippen LogP) is 3.45. The van der Waals surface area contributed by atoms with Crippen LogP contribution in [0.1, 0.15) is 71.8 Å². The van der Waals surface area contributed by atoms with Gasteiger partial charge in [0.1, 0.15) is 12.3 Å². The van der Waals surface area contributed by atoms with Gasteiger partial charge in [-0.05, 0) is 90.4 Å². The Labute approximate surface area is 265 Å². The number of nitrogens with zero attached hydrogens (tertiary/aromatic N) is 4. The lowest BCUT2D eigenvalue weighted by atomic mass is 9.66. The largest absolute Gasteiger partial charge is 0.399 e. The Kier molecular flexibility index (Phi) is 10.2. The van der Waals surface area contributed by atoms with Crippen LogP contribution in [0.2, 0.25) is 0 Å². The van der Waals surface area contributed by atoms with Gasteiger partial charge in [-0.2, -0.15) is 5.26 Å². The fourth-order valence-corrected chi connectivity index (χ4v) is 7.41. The Balaban J connectivity index is 0.00000226. The zero-order chi connectivity index (χ0) is 33.1. The molecule has 238 valence electrons. The number of amides is 1. The molecule has 6 unspecified atom stereocenters. The van der Waals surface area contributed by atoms with Gasteiger partial charge < -0.3 is 27.5 Å². The van der Waals surface area contributed by atoms with Crippen molar-refractivity contribution in [2.75, 3.05) is 13.6 Å². The summed E-state index contributed by atoms with van der Waals surface area (Å²) in [6, 6.07) is 13.3. The summed E-state index contributed by atoms with van der Waals surface area (Å²) in [6.45, 7) is 10.3. The number of aryl methyl sites for hydroxylation is 2. The van der Waals surface area contributed by atoms with E-state index in [2.05, 4.69) is 54.8 Å². The summed E-state index contributed by atoms with van der Waals surface area (Å²) in [7, 11) is 1.50. The zero-order valence-electron chi connectivity index (χ0n) is 26.6. The quantitative estimate of drug-likeness (QED) is 0.0713. The number of likely N-dealkylation sites (tertiary alicyclic amines) is 1. The van der Waals surface area contributed by atoms with E-state index in [4.69, 9.17) is 11.6 Å². The van der Waals surface area contributed by atoms with Gasteiger partial charge in [0, 0.05) is 23.3 Å². The monoisotopic (exact) mass is 611 g/mol. The van der Waals surface area contributed by atoms with E-state index < -0.39 is 5.41 Å². The van der Waals surface area contributed by atoms with Crippen LogP contribution < -0.4 is 22.6 Å². The van der Waals surface area contributed by atoms with E-state index >= 15 is 0 Å². The number of carbonyl (C=O) groups is 2. The number of hydrogen-bond acceptors (Lipinski definition) is 8. The van der Waals surface area contributed by atoms with Gasteiger partial charge in [0.05, 0.1) is 18.0 Å².